The van der Waals surface area contributed by atoms with E-state index in [0.29, 0.717) is 57.7 Å². The van der Waals surface area contributed by atoms with Gasteiger partial charge in [0.2, 0.25) is 11.8 Å². The molecule has 1 unspecified atom stereocenters. The summed E-state index contributed by atoms with van der Waals surface area (Å²) in [6.45, 7) is 6.17. The van der Waals surface area contributed by atoms with E-state index in [9.17, 15) is 14.4 Å². The maximum absolute atomic E-state index is 13.1. The smallest absolute Gasteiger partial charge is 0.220 e. The van der Waals surface area contributed by atoms with Gasteiger partial charge in [-0.05, 0) is 38.5 Å². The number of amides is 2. The third kappa shape index (κ3) is 40.5. The highest BCUT2D eigenvalue weighted by Gasteiger charge is 2.20. The van der Waals surface area contributed by atoms with Crippen LogP contribution >= 0.6 is 11.6 Å². The number of carbonyl (C=O) groups excluding carboxylic acids is 3. The monoisotopic (exact) mass is 783 g/mol. The van der Waals surface area contributed by atoms with Crippen LogP contribution in [0, 0.1) is 0 Å². The van der Waals surface area contributed by atoms with Crippen molar-refractivity contribution in [2.75, 3.05) is 25.6 Å². The lowest BCUT2D eigenvalue weighted by molar-refractivity contribution is -0.128. The number of halogens is 1. The van der Waals surface area contributed by atoms with Gasteiger partial charge >= 0.3 is 0 Å². The topological polar surface area (TPSA) is 84.5 Å². The molecular formula is C47H91ClN2O4. The highest BCUT2D eigenvalue weighted by Crippen LogP contribution is 2.16. The Balaban J connectivity index is 4.02. The van der Waals surface area contributed by atoms with Crippen LogP contribution in [0.1, 0.15) is 251 Å². The van der Waals surface area contributed by atoms with Crippen molar-refractivity contribution in [3.05, 3.63) is 0 Å². The Bertz CT molecular complexity index is 811. The number of hydrogen-bond donors (Lipinski definition) is 2. The second-order valence-corrected chi connectivity index (χ2v) is 16.6. The fraction of sp³-hybridized carbons (Fsp3) is 0.936. The van der Waals surface area contributed by atoms with Crippen LogP contribution < -0.4 is 10.6 Å². The Hall–Kier alpha value is -1.14. The lowest BCUT2D eigenvalue weighted by Crippen LogP contribution is -2.41. The van der Waals surface area contributed by atoms with Gasteiger partial charge in [0.25, 0.3) is 0 Å². The Labute approximate surface area is 341 Å². The molecular weight excluding hydrogens is 692 g/mol. The van der Waals surface area contributed by atoms with Gasteiger partial charge in [0.1, 0.15) is 0 Å². The number of hydrogen-bond acceptors (Lipinski definition) is 4. The molecule has 0 saturated heterocycles. The molecule has 6 nitrogen and oxygen atoms in total. The van der Waals surface area contributed by atoms with E-state index < -0.39 is 6.04 Å². The molecule has 0 aromatic heterocycles. The molecule has 7 heteroatoms. The zero-order chi connectivity index (χ0) is 39.4. The Morgan fingerprint density at radius 3 is 1.24 bits per heavy atom. The van der Waals surface area contributed by atoms with Crippen molar-refractivity contribution < 1.29 is 19.1 Å². The summed E-state index contributed by atoms with van der Waals surface area (Å²) in [6, 6.07) is -0.460. The molecule has 0 aromatic carbocycles. The maximum Gasteiger partial charge on any atom is 0.220 e. The van der Waals surface area contributed by atoms with Crippen molar-refractivity contribution in [1.82, 2.24) is 10.6 Å². The highest BCUT2D eigenvalue weighted by molar-refractivity contribution is 6.17. The summed E-state index contributed by atoms with van der Waals surface area (Å²) in [5.74, 6) is 0.637. The van der Waals surface area contributed by atoms with E-state index in [4.69, 9.17) is 16.3 Å². The summed E-state index contributed by atoms with van der Waals surface area (Å²) in [4.78, 5) is 38.2. The van der Waals surface area contributed by atoms with Crippen molar-refractivity contribution in [3.8, 4) is 0 Å². The van der Waals surface area contributed by atoms with Crippen LogP contribution in [0.3, 0.4) is 0 Å². The second-order valence-electron chi connectivity index (χ2n) is 16.2. The Kier molecular flexibility index (Phi) is 43.6. The molecule has 0 aliphatic rings. The molecule has 0 spiro atoms. The van der Waals surface area contributed by atoms with E-state index in [1.165, 1.54) is 167 Å². The van der Waals surface area contributed by atoms with E-state index in [1.807, 2.05) is 0 Å². The van der Waals surface area contributed by atoms with Crippen molar-refractivity contribution in [2.45, 2.75) is 257 Å². The van der Waals surface area contributed by atoms with Crippen molar-refractivity contribution in [3.63, 3.8) is 0 Å². The zero-order valence-corrected chi connectivity index (χ0v) is 36.8. The predicted octanol–water partition coefficient (Wildman–Crippen LogP) is 13.9. The van der Waals surface area contributed by atoms with Gasteiger partial charge in [-0.25, -0.2) is 0 Å². The predicted molar refractivity (Wildman–Crippen MR) is 234 cm³/mol. The van der Waals surface area contributed by atoms with Crippen molar-refractivity contribution in [2.24, 2.45) is 0 Å². The molecule has 0 aliphatic carbocycles. The van der Waals surface area contributed by atoms with Gasteiger partial charge in [-0.1, -0.05) is 194 Å². The van der Waals surface area contributed by atoms with Gasteiger partial charge in [0.05, 0.1) is 12.6 Å². The minimum Gasteiger partial charge on any atom is -0.380 e. The van der Waals surface area contributed by atoms with E-state index in [-0.39, 0.29) is 17.6 Å². The van der Waals surface area contributed by atoms with Gasteiger partial charge in [0, 0.05) is 38.3 Å². The minimum atomic E-state index is -0.460. The van der Waals surface area contributed by atoms with Crippen molar-refractivity contribution >= 4 is 29.2 Å². The molecule has 0 fully saturated rings. The lowest BCUT2D eigenvalue weighted by atomic mass is 10.0. The van der Waals surface area contributed by atoms with Crippen LogP contribution in [0.15, 0.2) is 0 Å². The molecule has 2 amide bonds. The average molecular weight is 784 g/mol. The number of alkyl halides is 1. The second kappa shape index (κ2) is 44.6. The summed E-state index contributed by atoms with van der Waals surface area (Å²) < 4.78 is 5.44. The quantitative estimate of drug-likeness (QED) is 0.0476. The van der Waals surface area contributed by atoms with E-state index in [2.05, 4.69) is 24.5 Å². The molecule has 0 heterocycles. The molecule has 54 heavy (non-hydrogen) atoms. The Morgan fingerprint density at radius 1 is 0.444 bits per heavy atom. The molecule has 320 valence electrons. The van der Waals surface area contributed by atoms with E-state index in [0.717, 1.165) is 38.5 Å². The molecule has 0 aromatic rings. The zero-order valence-electron chi connectivity index (χ0n) is 36.1. The first-order valence-electron chi connectivity index (χ1n) is 23.8. The first-order valence-corrected chi connectivity index (χ1v) is 24.3. The van der Waals surface area contributed by atoms with Crippen LogP contribution in [0.25, 0.3) is 0 Å². The average Bonchev–Trinajstić information content (AvgIpc) is 3.17. The summed E-state index contributed by atoms with van der Waals surface area (Å²) in [5, 5.41) is 6.11. The SMILES string of the molecule is CCCCCCCCCCCCCCCCCC(=O)NCCCCC(NC(=O)CCCCCCCCCCCCCCCCC)C(=O)CCCOCCCl. The van der Waals surface area contributed by atoms with Gasteiger partial charge in [-0.2, -0.15) is 0 Å². The standard InChI is InChI=1S/C47H91ClN2O4/c1-3-5-7-9-11-13-15-17-19-21-23-25-27-29-31-38-46(52)49-41-34-33-36-44(45(51)37-35-42-54-43-40-48)50-47(53)39-32-30-28-26-24-22-20-18-16-14-12-10-8-6-4-2/h44H,3-43H2,1-2H3,(H,49,52)(H,50,53). The highest BCUT2D eigenvalue weighted by atomic mass is 35.5. The Morgan fingerprint density at radius 2 is 0.833 bits per heavy atom. The molecule has 0 saturated carbocycles. The third-order valence-corrected chi connectivity index (χ3v) is 11.1. The minimum absolute atomic E-state index is 0.0155. The summed E-state index contributed by atoms with van der Waals surface area (Å²) in [7, 11) is 0. The fourth-order valence-corrected chi connectivity index (χ4v) is 7.47. The van der Waals surface area contributed by atoms with E-state index in [1.54, 1.807) is 0 Å². The van der Waals surface area contributed by atoms with Crippen LogP contribution in [-0.4, -0.2) is 49.3 Å². The number of unbranched alkanes of at least 4 members (excludes halogenated alkanes) is 29. The largest absolute Gasteiger partial charge is 0.380 e. The molecule has 0 rings (SSSR count). The van der Waals surface area contributed by atoms with Crippen LogP contribution in [0.2, 0.25) is 0 Å². The molecule has 0 aliphatic heterocycles. The molecule has 1 atom stereocenters. The summed E-state index contributed by atoms with van der Waals surface area (Å²) in [5.41, 5.74) is 0. The first kappa shape index (κ1) is 52.9. The normalized spacial score (nSPS) is 11.9. The van der Waals surface area contributed by atoms with E-state index >= 15 is 0 Å². The summed E-state index contributed by atoms with van der Waals surface area (Å²) >= 11 is 5.69. The van der Waals surface area contributed by atoms with Crippen molar-refractivity contribution in [1.29, 1.82) is 0 Å². The van der Waals surface area contributed by atoms with Gasteiger partial charge in [-0.15, -0.1) is 11.6 Å². The van der Waals surface area contributed by atoms with Crippen LogP contribution in [-0.2, 0) is 19.1 Å². The maximum atomic E-state index is 13.1. The number of rotatable bonds is 45. The van der Waals surface area contributed by atoms with Gasteiger partial charge in [-0.3, -0.25) is 14.4 Å². The summed E-state index contributed by atoms with van der Waals surface area (Å²) in [6.07, 6.45) is 43.6. The number of ether oxygens (including phenoxy) is 1. The lowest BCUT2D eigenvalue weighted by Gasteiger charge is -2.18. The third-order valence-electron chi connectivity index (χ3n) is 10.9. The van der Waals surface area contributed by atoms with Crippen LogP contribution in [0.4, 0.5) is 0 Å². The number of Topliss-reactive ketones (excluding diaryl/α,β-unsaturated/α-hetero) is 1. The molecule has 0 radical (unpaired) electrons. The first-order chi connectivity index (χ1) is 26.5. The number of nitrogens with one attached hydrogen (secondary N) is 2. The van der Waals surface area contributed by atoms with Gasteiger partial charge in [0.15, 0.2) is 5.78 Å². The van der Waals surface area contributed by atoms with Gasteiger partial charge < -0.3 is 15.4 Å². The van der Waals surface area contributed by atoms with Crippen LogP contribution in [0.5, 0.6) is 0 Å². The number of ketones is 1. The fourth-order valence-electron chi connectivity index (χ4n) is 7.36. The molecule has 2 N–H and O–H groups in total. The number of carbonyl (C=O) groups is 3. The molecule has 0 bridgehead atoms.